The Morgan fingerprint density at radius 2 is 2.00 bits per heavy atom. The summed E-state index contributed by atoms with van der Waals surface area (Å²) in [5.41, 5.74) is 4.62. The van der Waals surface area contributed by atoms with Crippen molar-refractivity contribution in [2.24, 2.45) is 5.92 Å². The van der Waals surface area contributed by atoms with Gasteiger partial charge in [0.2, 0.25) is 5.91 Å². The monoisotopic (exact) mass is 379 g/mol. The Morgan fingerprint density at radius 3 is 2.56 bits per heavy atom. The van der Waals surface area contributed by atoms with Crippen LogP contribution in [0.2, 0.25) is 0 Å². The molecule has 2 heterocycles. The molecule has 2 rings (SSSR count). The van der Waals surface area contributed by atoms with Crippen molar-refractivity contribution in [2.45, 2.75) is 25.8 Å². The lowest BCUT2D eigenvalue weighted by Gasteiger charge is -2.38. The molecule has 13 heteroatoms. The van der Waals surface area contributed by atoms with Crippen LogP contribution in [-0.4, -0.2) is 73.0 Å². The summed E-state index contributed by atoms with van der Waals surface area (Å²) in [5, 5.41) is 3.50. The molecule has 25 heavy (non-hydrogen) atoms. The van der Waals surface area contributed by atoms with Crippen molar-refractivity contribution in [3.63, 3.8) is 0 Å². The number of likely N-dealkylation sites (N-methyl/N-ethyl adjacent to an activating group) is 1. The molecule has 12 nitrogen and oxygen atoms in total. The maximum Gasteiger partial charge on any atom is 0.418 e. The predicted octanol–water partition coefficient (Wildman–Crippen LogP) is -2.01. The van der Waals surface area contributed by atoms with Gasteiger partial charge in [-0.2, -0.15) is 13.5 Å². The molecule has 2 aliphatic rings. The summed E-state index contributed by atoms with van der Waals surface area (Å²) in [6.07, 6.45) is 0.731. The average Bonchev–Trinajstić information content (AvgIpc) is 3.07. The number of nitrogens with zero attached hydrogens (tertiary/aromatic N) is 2. The Labute approximate surface area is 144 Å². The maximum atomic E-state index is 12.3. The van der Waals surface area contributed by atoms with E-state index >= 15 is 0 Å². The minimum absolute atomic E-state index is 0.0573. The SMILES string of the molecule is CCN1C(=O)N(OS(=O)(=O)O)CC[C@H]1C(=O)NNC(=O)C1CCNC1. The molecule has 0 bridgehead atoms. The fourth-order valence-corrected chi connectivity index (χ4v) is 3.13. The van der Waals surface area contributed by atoms with Gasteiger partial charge in [0, 0.05) is 13.1 Å². The normalized spacial score (nSPS) is 24.3. The number of hydrazine groups is 1. The third-order valence-corrected chi connectivity index (χ3v) is 4.38. The van der Waals surface area contributed by atoms with E-state index in [4.69, 9.17) is 4.55 Å². The summed E-state index contributed by atoms with van der Waals surface area (Å²) in [4.78, 5) is 37.4. The van der Waals surface area contributed by atoms with Crippen molar-refractivity contribution >= 4 is 28.2 Å². The van der Waals surface area contributed by atoms with Gasteiger partial charge in [0.1, 0.15) is 6.04 Å². The minimum Gasteiger partial charge on any atom is -0.316 e. The number of rotatable bonds is 5. The Balaban J connectivity index is 1.93. The van der Waals surface area contributed by atoms with Crippen LogP contribution in [0.15, 0.2) is 0 Å². The third kappa shape index (κ3) is 5.01. The first-order valence-corrected chi connectivity index (χ1v) is 9.15. The minimum atomic E-state index is -4.84. The van der Waals surface area contributed by atoms with E-state index in [2.05, 4.69) is 20.5 Å². The van der Waals surface area contributed by atoms with Crippen LogP contribution in [0.1, 0.15) is 19.8 Å². The van der Waals surface area contributed by atoms with Crippen LogP contribution in [0.25, 0.3) is 0 Å². The van der Waals surface area contributed by atoms with E-state index in [0.717, 1.165) is 11.4 Å². The largest absolute Gasteiger partial charge is 0.418 e. The van der Waals surface area contributed by atoms with Crippen molar-refractivity contribution in [1.29, 1.82) is 0 Å². The summed E-state index contributed by atoms with van der Waals surface area (Å²) >= 11 is 0. The van der Waals surface area contributed by atoms with Gasteiger partial charge in [-0.25, -0.2) is 4.79 Å². The van der Waals surface area contributed by atoms with Crippen LogP contribution in [0, 0.1) is 5.92 Å². The van der Waals surface area contributed by atoms with E-state index in [9.17, 15) is 22.8 Å². The molecule has 0 aromatic carbocycles. The second-order valence-corrected chi connectivity index (χ2v) is 6.65. The highest BCUT2D eigenvalue weighted by atomic mass is 32.3. The quantitative estimate of drug-likeness (QED) is 0.315. The second-order valence-electron chi connectivity index (χ2n) is 5.65. The molecule has 0 radical (unpaired) electrons. The van der Waals surface area contributed by atoms with Crippen molar-refractivity contribution in [3.05, 3.63) is 0 Å². The Kier molecular flexibility index (Phi) is 6.16. The van der Waals surface area contributed by atoms with Crippen LogP contribution >= 0.6 is 0 Å². The number of hydrogen-bond donors (Lipinski definition) is 4. The molecule has 4 N–H and O–H groups in total. The topological polar surface area (TPSA) is 157 Å². The van der Waals surface area contributed by atoms with Crippen molar-refractivity contribution in [2.75, 3.05) is 26.2 Å². The van der Waals surface area contributed by atoms with Crippen LogP contribution in [0.3, 0.4) is 0 Å². The van der Waals surface area contributed by atoms with Gasteiger partial charge in [0.15, 0.2) is 0 Å². The van der Waals surface area contributed by atoms with Gasteiger partial charge in [-0.1, -0.05) is 0 Å². The molecule has 4 amide bonds. The van der Waals surface area contributed by atoms with Gasteiger partial charge in [-0.05, 0) is 26.3 Å². The van der Waals surface area contributed by atoms with E-state index in [1.54, 1.807) is 6.92 Å². The zero-order valence-corrected chi connectivity index (χ0v) is 14.4. The molecule has 0 aromatic rings. The number of hydroxylamine groups is 2. The first kappa shape index (κ1) is 19.4. The smallest absolute Gasteiger partial charge is 0.316 e. The summed E-state index contributed by atoms with van der Waals surface area (Å²) in [6.45, 7) is 2.75. The highest BCUT2D eigenvalue weighted by Crippen LogP contribution is 2.17. The first-order valence-electron chi connectivity index (χ1n) is 7.78. The van der Waals surface area contributed by atoms with E-state index < -0.39 is 28.4 Å². The number of urea groups is 1. The number of hydrogen-bond acceptors (Lipinski definition) is 7. The van der Waals surface area contributed by atoms with Gasteiger partial charge in [0.05, 0.1) is 12.5 Å². The van der Waals surface area contributed by atoms with Gasteiger partial charge in [0.25, 0.3) is 5.91 Å². The van der Waals surface area contributed by atoms with E-state index in [1.807, 2.05) is 0 Å². The number of nitrogens with one attached hydrogen (secondary N) is 3. The summed E-state index contributed by atoms with van der Waals surface area (Å²) in [7, 11) is -4.84. The first-order chi connectivity index (χ1) is 11.7. The highest BCUT2D eigenvalue weighted by Gasteiger charge is 2.39. The predicted molar refractivity (Wildman–Crippen MR) is 82.8 cm³/mol. The Hall–Kier alpha value is -1.96. The fourth-order valence-electron chi connectivity index (χ4n) is 2.77. The summed E-state index contributed by atoms with van der Waals surface area (Å²) < 4.78 is 34.4. The molecular formula is C12H21N5O7S. The van der Waals surface area contributed by atoms with Gasteiger partial charge in [-0.3, -0.25) is 25.0 Å². The van der Waals surface area contributed by atoms with Crippen molar-refractivity contribution < 1.29 is 31.6 Å². The molecule has 2 fully saturated rings. The average molecular weight is 379 g/mol. The molecule has 2 atom stereocenters. The lowest BCUT2D eigenvalue weighted by molar-refractivity contribution is -0.135. The van der Waals surface area contributed by atoms with Crippen LogP contribution < -0.4 is 16.2 Å². The van der Waals surface area contributed by atoms with Crippen molar-refractivity contribution in [3.8, 4) is 0 Å². The maximum absolute atomic E-state index is 12.3. The number of carbonyl (C=O) groups excluding carboxylic acids is 3. The second kappa shape index (κ2) is 7.95. The number of carbonyl (C=O) groups is 3. The highest BCUT2D eigenvalue weighted by molar-refractivity contribution is 7.80. The molecule has 0 aromatic heterocycles. The van der Waals surface area contributed by atoms with Crippen molar-refractivity contribution in [1.82, 2.24) is 26.1 Å². The molecule has 0 saturated carbocycles. The summed E-state index contributed by atoms with van der Waals surface area (Å²) in [6, 6.07) is -1.78. The third-order valence-electron chi connectivity index (χ3n) is 4.01. The lowest BCUT2D eigenvalue weighted by atomic mass is 10.1. The molecule has 2 saturated heterocycles. The van der Waals surface area contributed by atoms with E-state index in [0.29, 0.717) is 18.0 Å². The van der Waals surface area contributed by atoms with Crippen LogP contribution in [0.5, 0.6) is 0 Å². The fraction of sp³-hybridized carbons (Fsp3) is 0.750. The standard InChI is InChI=1S/C12H21N5O7S/c1-2-16-9(4-6-17(12(16)20)24-25(21,22)23)11(19)15-14-10(18)8-3-5-13-7-8/h8-9,13H,2-7H2,1H3,(H,14,18)(H,15,19)(H,21,22,23)/t8?,9-/m0/s1. The lowest BCUT2D eigenvalue weighted by Crippen LogP contribution is -2.61. The zero-order valence-electron chi connectivity index (χ0n) is 13.6. The van der Waals surface area contributed by atoms with E-state index in [1.165, 1.54) is 0 Å². The zero-order chi connectivity index (χ0) is 18.6. The Bertz CT molecular complexity index is 634. The molecule has 2 aliphatic heterocycles. The van der Waals surface area contributed by atoms with Gasteiger partial charge >= 0.3 is 16.4 Å². The van der Waals surface area contributed by atoms with E-state index in [-0.39, 0.29) is 31.3 Å². The molecule has 0 aliphatic carbocycles. The molecule has 0 spiro atoms. The Morgan fingerprint density at radius 1 is 1.32 bits per heavy atom. The van der Waals surface area contributed by atoms with Gasteiger partial charge < -0.3 is 10.2 Å². The summed E-state index contributed by atoms with van der Waals surface area (Å²) in [5.74, 6) is -1.14. The van der Waals surface area contributed by atoms with Gasteiger partial charge in [-0.15, -0.1) is 4.28 Å². The molecular weight excluding hydrogens is 358 g/mol. The molecule has 142 valence electrons. The van der Waals surface area contributed by atoms with Crippen LogP contribution in [-0.2, 0) is 24.3 Å². The number of amides is 4. The molecule has 1 unspecified atom stereocenters. The van der Waals surface area contributed by atoms with Crippen LogP contribution in [0.4, 0.5) is 4.79 Å².